The molecule has 0 atom stereocenters. The highest BCUT2D eigenvalue weighted by atomic mass is 16.3. The lowest BCUT2D eigenvalue weighted by atomic mass is 10.1. The Balaban J connectivity index is 0.00000358. The summed E-state index contributed by atoms with van der Waals surface area (Å²) in [5, 5.41) is 7.06. The molecule has 4 rings (SSSR count). The first-order valence-corrected chi connectivity index (χ1v) is 19.0. The fourth-order valence-electron chi connectivity index (χ4n) is 6.15. The number of hydrogen-bond donors (Lipinski definition) is 2. The maximum absolute atomic E-state index is 13.3. The van der Waals surface area contributed by atoms with Crippen LogP contribution in [0.2, 0.25) is 0 Å². The molecule has 3 heterocycles. The summed E-state index contributed by atoms with van der Waals surface area (Å²) in [5.74, 6) is 0.0669. The standard InChI is InChI=1S/C38H55N7O5.C2H6/c1-6-9-31(46)23-39-29(4)25-43-17-15-42(5)16-18-45(27-35(48)40-24-32(47)10-7-2)22-21-44(20-19-43)26-30-13-14-33-37(49)36-28(3)11-8-12-34(36)50-38(33)41-30;1-2/h8,11-14,39H,4,6-7,9-10,15-27H2,1-3,5H3,(H,40,48);1-2H3. The molecule has 2 N–H and O–H groups in total. The molecule has 0 spiro atoms. The van der Waals surface area contributed by atoms with Gasteiger partial charge < -0.3 is 20.0 Å². The quantitative estimate of drug-likeness (QED) is 0.221. The number of Topliss-reactive ketones (excluding diaryl/α,β-unsaturated/α-hetero) is 2. The van der Waals surface area contributed by atoms with Crippen molar-refractivity contribution < 1.29 is 18.8 Å². The van der Waals surface area contributed by atoms with Crippen molar-refractivity contribution in [2.75, 3.05) is 85.6 Å². The van der Waals surface area contributed by atoms with Crippen molar-refractivity contribution in [2.45, 2.75) is 66.8 Å². The van der Waals surface area contributed by atoms with Crippen molar-refractivity contribution in [3.05, 3.63) is 64.1 Å². The van der Waals surface area contributed by atoms with Crippen LogP contribution in [0.3, 0.4) is 0 Å². The Morgan fingerprint density at radius 2 is 1.38 bits per heavy atom. The lowest BCUT2D eigenvalue weighted by molar-refractivity contribution is -0.126. The van der Waals surface area contributed by atoms with Crippen LogP contribution in [0.15, 0.2) is 51.8 Å². The van der Waals surface area contributed by atoms with Crippen molar-refractivity contribution in [3.8, 4) is 0 Å². The number of rotatable bonds is 15. The zero-order chi connectivity index (χ0) is 38.0. The fraction of sp³-hybridized carbons (Fsp3) is 0.575. The summed E-state index contributed by atoms with van der Waals surface area (Å²) in [7, 11) is 2.09. The van der Waals surface area contributed by atoms with Crippen LogP contribution < -0.4 is 16.1 Å². The Bertz CT molecular complexity index is 1640. The average Bonchev–Trinajstić information content (AvgIpc) is 3.12. The number of benzene rings is 1. The van der Waals surface area contributed by atoms with E-state index in [0.717, 1.165) is 62.5 Å². The van der Waals surface area contributed by atoms with Gasteiger partial charge in [-0.15, -0.1) is 0 Å². The third kappa shape index (κ3) is 13.5. The van der Waals surface area contributed by atoms with E-state index < -0.39 is 0 Å². The van der Waals surface area contributed by atoms with Crippen molar-refractivity contribution in [1.29, 1.82) is 0 Å². The number of ketones is 2. The van der Waals surface area contributed by atoms with Gasteiger partial charge in [0, 0.05) is 84.0 Å². The summed E-state index contributed by atoms with van der Waals surface area (Å²) in [6, 6.07) is 9.27. The van der Waals surface area contributed by atoms with Crippen LogP contribution in [0.25, 0.3) is 22.1 Å². The molecule has 1 fully saturated rings. The van der Waals surface area contributed by atoms with Crippen LogP contribution in [-0.2, 0) is 20.9 Å². The van der Waals surface area contributed by atoms with E-state index in [0.29, 0.717) is 74.2 Å². The summed E-state index contributed by atoms with van der Waals surface area (Å²) in [5.41, 5.74) is 3.23. The van der Waals surface area contributed by atoms with E-state index in [1.54, 1.807) is 12.1 Å². The van der Waals surface area contributed by atoms with E-state index >= 15 is 0 Å². The average molecular weight is 720 g/mol. The molecule has 2 aromatic heterocycles. The molecule has 1 saturated heterocycles. The normalized spacial score (nSPS) is 15.7. The molecular weight excluding hydrogens is 658 g/mol. The summed E-state index contributed by atoms with van der Waals surface area (Å²) < 4.78 is 6.13. The number of likely N-dealkylation sites (N-methyl/N-ethyl adjacent to an activating group) is 1. The minimum absolute atomic E-state index is 0.0392. The first-order chi connectivity index (χ1) is 25.1. The first-order valence-electron chi connectivity index (χ1n) is 19.0. The molecule has 12 heteroatoms. The SMILES string of the molecule is C=C(CN1CCN(C)CCN(CC(=O)NCC(=O)CCC)CCN(Cc2ccc3c(=O)c4c(C)cccc4oc3n2)CC1)NCC(=O)CCC.CC. The van der Waals surface area contributed by atoms with Gasteiger partial charge >= 0.3 is 0 Å². The molecule has 0 bridgehead atoms. The van der Waals surface area contributed by atoms with E-state index in [4.69, 9.17) is 9.40 Å². The number of nitrogens with zero attached hydrogens (tertiary/aromatic N) is 5. The number of amides is 1. The third-order valence-electron chi connectivity index (χ3n) is 9.13. The summed E-state index contributed by atoms with van der Waals surface area (Å²) in [6.07, 6.45) is 2.61. The highest BCUT2D eigenvalue weighted by Gasteiger charge is 2.19. The summed E-state index contributed by atoms with van der Waals surface area (Å²) in [6.45, 7) is 21.7. The van der Waals surface area contributed by atoms with Gasteiger partial charge in [-0.25, -0.2) is 4.98 Å². The van der Waals surface area contributed by atoms with Crippen LogP contribution in [-0.4, -0.2) is 128 Å². The second kappa shape index (κ2) is 22.2. The van der Waals surface area contributed by atoms with Gasteiger partial charge in [0.1, 0.15) is 5.58 Å². The molecule has 1 aliphatic rings. The number of carbonyl (C=O) groups is 3. The Morgan fingerprint density at radius 1 is 0.808 bits per heavy atom. The van der Waals surface area contributed by atoms with Gasteiger partial charge in [0.25, 0.3) is 0 Å². The molecule has 0 saturated carbocycles. The highest BCUT2D eigenvalue weighted by Crippen LogP contribution is 2.20. The van der Waals surface area contributed by atoms with Crippen molar-refractivity contribution >= 4 is 39.5 Å². The van der Waals surface area contributed by atoms with Gasteiger partial charge in [-0.1, -0.05) is 46.4 Å². The van der Waals surface area contributed by atoms with Crippen LogP contribution in [0.4, 0.5) is 0 Å². The minimum atomic E-state index is -0.154. The molecule has 1 amide bonds. The minimum Gasteiger partial charge on any atom is -0.437 e. The zero-order valence-corrected chi connectivity index (χ0v) is 32.4. The summed E-state index contributed by atoms with van der Waals surface area (Å²) in [4.78, 5) is 64.2. The first kappa shape index (κ1) is 42.4. The van der Waals surface area contributed by atoms with Crippen LogP contribution in [0.5, 0.6) is 0 Å². The zero-order valence-electron chi connectivity index (χ0n) is 32.4. The number of fused-ring (bicyclic) bond motifs is 2. The van der Waals surface area contributed by atoms with Gasteiger partial charge in [0.15, 0.2) is 11.6 Å². The molecule has 3 aromatic rings. The third-order valence-corrected chi connectivity index (χ3v) is 9.13. The van der Waals surface area contributed by atoms with Crippen LogP contribution in [0.1, 0.15) is 64.6 Å². The van der Waals surface area contributed by atoms with E-state index in [2.05, 4.69) is 43.9 Å². The lowest BCUT2D eigenvalue weighted by Crippen LogP contribution is -2.48. The van der Waals surface area contributed by atoms with Crippen LogP contribution >= 0.6 is 0 Å². The molecule has 1 aliphatic heterocycles. The Hall–Kier alpha value is -3.97. The van der Waals surface area contributed by atoms with E-state index in [1.165, 1.54) is 0 Å². The molecular formula is C40H61N7O5. The fourth-order valence-corrected chi connectivity index (χ4v) is 6.15. The largest absolute Gasteiger partial charge is 0.437 e. The second-order valence-electron chi connectivity index (χ2n) is 13.5. The van der Waals surface area contributed by atoms with Crippen molar-refractivity contribution in [1.82, 2.24) is 35.2 Å². The molecule has 0 radical (unpaired) electrons. The number of hydrogen-bond acceptors (Lipinski definition) is 11. The number of carbonyl (C=O) groups excluding carboxylic acids is 3. The van der Waals surface area contributed by atoms with E-state index in [-0.39, 0.29) is 36.0 Å². The summed E-state index contributed by atoms with van der Waals surface area (Å²) >= 11 is 0. The predicted molar refractivity (Wildman–Crippen MR) is 210 cm³/mol. The maximum Gasteiger partial charge on any atom is 0.234 e. The van der Waals surface area contributed by atoms with Gasteiger partial charge in [-0.2, -0.15) is 0 Å². The Kier molecular flexibility index (Phi) is 18.1. The molecule has 1 aromatic carbocycles. The van der Waals surface area contributed by atoms with Gasteiger partial charge in [0.2, 0.25) is 17.0 Å². The lowest BCUT2D eigenvalue weighted by Gasteiger charge is -2.33. The number of aromatic nitrogens is 1. The van der Waals surface area contributed by atoms with Gasteiger partial charge in [-0.05, 0) is 50.6 Å². The predicted octanol–water partition coefficient (Wildman–Crippen LogP) is 3.99. The van der Waals surface area contributed by atoms with Gasteiger partial charge in [0.05, 0.1) is 36.1 Å². The van der Waals surface area contributed by atoms with E-state index in [1.807, 2.05) is 52.8 Å². The number of aryl methyl sites for hydroxylation is 1. The number of nitrogens with one attached hydrogen (secondary N) is 2. The molecule has 286 valence electrons. The molecule has 52 heavy (non-hydrogen) atoms. The molecule has 0 aliphatic carbocycles. The molecule has 12 nitrogen and oxygen atoms in total. The Morgan fingerprint density at radius 3 is 2.02 bits per heavy atom. The molecule has 0 unspecified atom stereocenters. The van der Waals surface area contributed by atoms with Crippen molar-refractivity contribution in [3.63, 3.8) is 0 Å². The topological polar surface area (TPSA) is 131 Å². The van der Waals surface area contributed by atoms with Crippen LogP contribution in [0, 0.1) is 6.92 Å². The Labute approximate surface area is 309 Å². The second-order valence-corrected chi connectivity index (χ2v) is 13.5. The van der Waals surface area contributed by atoms with Crippen molar-refractivity contribution in [2.24, 2.45) is 0 Å². The monoisotopic (exact) mass is 719 g/mol. The number of pyridine rings is 1. The smallest absolute Gasteiger partial charge is 0.234 e. The highest BCUT2D eigenvalue weighted by molar-refractivity contribution is 5.90. The van der Waals surface area contributed by atoms with E-state index in [9.17, 15) is 19.2 Å². The maximum atomic E-state index is 13.3. The van der Waals surface area contributed by atoms with Gasteiger partial charge in [-0.3, -0.25) is 33.9 Å².